The number of ether oxygens (including phenoxy) is 1. The van der Waals surface area contributed by atoms with Crippen LogP contribution in [-0.4, -0.2) is 16.8 Å². The van der Waals surface area contributed by atoms with E-state index in [0.717, 1.165) is 17.1 Å². The van der Waals surface area contributed by atoms with Crippen molar-refractivity contribution >= 4 is 11.6 Å². The maximum absolute atomic E-state index is 6.21. The van der Waals surface area contributed by atoms with Gasteiger partial charge < -0.3 is 10.1 Å². The fourth-order valence-corrected chi connectivity index (χ4v) is 2.24. The van der Waals surface area contributed by atoms with Crippen LogP contribution in [0.4, 0.5) is 0 Å². The first-order valence-electron chi connectivity index (χ1n) is 6.61. The molecule has 0 aliphatic rings. The SMILES string of the molecule is CNC(C)c1cccc(OCc2c(Cl)c(C)nn2C)c1. The third-order valence-corrected chi connectivity index (χ3v) is 3.92. The predicted octanol–water partition coefficient (Wildman–Crippen LogP) is 3.24. The Bertz CT molecular complexity index is 595. The Kier molecular flexibility index (Phi) is 4.68. The Morgan fingerprint density at radius 1 is 1.45 bits per heavy atom. The second-order valence-corrected chi connectivity index (χ2v) is 5.22. The van der Waals surface area contributed by atoms with E-state index in [2.05, 4.69) is 23.4 Å². The first-order chi connectivity index (χ1) is 9.52. The van der Waals surface area contributed by atoms with Gasteiger partial charge in [0.1, 0.15) is 12.4 Å². The number of nitrogens with zero attached hydrogens (tertiary/aromatic N) is 2. The van der Waals surface area contributed by atoms with Gasteiger partial charge in [0.25, 0.3) is 0 Å². The van der Waals surface area contributed by atoms with Crippen molar-refractivity contribution in [2.45, 2.75) is 26.5 Å². The monoisotopic (exact) mass is 293 g/mol. The van der Waals surface area contributed by atoms with Crippen LogP contribution in [0.25, 0.3) is 0 Å². The van der Waals surface area contributed by atoms with Crippen LogP contribution in [-0.2, 0) is 13.7 Å². The van der Waals surface area contributed by atoms with Gasteiger partial charge in [-0.05, 0) is 38.6 Å². The molecule has 0 radical (unpaired) electrons. The fourth-order valence-electron chi connectivity index (χ4n) is 2.03. The molecule has 0 saturated carbocycles. The molecule has 0 aliphatic carbocycles. The lowest BCUT2D eigenvalue weighted by atomic mass is 10.1. The zero-order chi connectivity index (χ0) is 14.7. The van der Waals surface area contributed by atoms with Crippen molar-refractivity contribution in [3.8, 4) is 5.75 Å². The van der Waals surface area contributed by atoms with Crippen molar-refractivity contribution in [1.82, 2.24) is 15.1 Å². The second-order valence-electron chi connectivity index (χ2n) is 4.84. The quantitative estimate of drug-likeness (QED) is 0.920. The highest BCUT2D eigenvalue weighted by Crippen LogP contribution is 2.23. The molecule has 108 valence electrons. The molecule has 2 rings (SSSR count). The Hall–Kier alpha value is -1.52. The number of aryl methyl sites for hydroxylation is 2. The number of rotatable bonds is 5. The van der Waals surface area contributed by atoms with Crippen molar-refractivity contribution in [2.24, 2.45) is 7.05 Å². The molecular weight excluding hydrogens is 274 g/mol. The summed E-state index contributed by atoms with van der Waals surface area (Å²) < 4.78 is 7.59. The Labute approximate surface area is 124 Å². The second kappa shape index (κ2) is 6.29. The van der Waals surface area contributed by atoms with Gasteiger partial charge in [-0.25, -0.2) is 0 Å². The molecular formula is C15H20ClN3O. The highest BCUT2D eigenvalue weighted by molar-refractivity contribution is 6.31. The summed E-state index contributed by atoms with van der Waals surface area (Å²) >= 11 is 6.21. The molecule has 0 amide bonds. The van der Waals surface area contributed by atoms with Crippen LogP contribution in [0.3, 0.4) is 0 Å². The average molecular weight is 294 g/mol. The fraction of sp³-hybridized carbons (Fsp3) is 0.400. The zero-order valence-corrected chi connectivity index (χ0v) is 13.0. The van der Waals surface area contributed by atoms with Gasteiger partial charge in [0.15, 0.2) is 0 Å². The van der Waals surface area contributed by atoms with E-state index in [9.17, 15) is 0 Å². The number of benzene rings is 1. The van der Waals surface area contributed by atoms with E-state index in [1.165, 1.54) is 5.56 Å². The molecule has 1 aromatic heterocycles. The number of hydrogen-bond donors (Lipinski definition) is 1. The lowest BCUT2D eigenvalue weighted by Gasteiger charge is -2.13. The summed E-state index contributed by atoms with van der Waals surface area (Å²) in [6.07, 6.45) is 0. The van der Waals surface area contributed by atoms with Crippen LogP contribution in [0.5, 0.6) is 5.75 Å². The summed E-state index contributed by atoms with van der Waals surface area (Å²) in [5, 5.41) is 8.16. The van der Waals surface area contributed by atoms with Crippen LogP contribution < -0.4 is 10.1 Å². The summed E-state index contributed by atoms with van der Waals surface area (Å²) in [5.74, 6) is 0.833. The van der Waals surface area contributed by atoms with Crippen molar-refractivity contribution < 1.29 is 4.74 Å². The summed E-state index contributed by atoms with van der Waals surface area (Å²) in [7, 11) is 3.81. The first-order valence-corrected chi connectivity index (χ1v) is 6.98. The number of aromatic nitrogens is 2. The van der Waals surface area contributed by atoms with Crippen LogP contribution in [0.15, 0.2) is 24.3 Å². The van der Waals surface area contributed by atoms with Gasteiger partial charge in [-0.1, -0.05) is 23.7 Å². The Morgan fingerprint density at radius 3 is 2.80 bits per heavy atom. The van der Waals surface area contributed by atoms with E-state index in [1.54, 1.807) is 4.68 Å². The maximum Gasteiger partial charge on any atom is 0.131 e. The molecule has 1 aromatic carbocycles. The van der Waals surface area contributed by atoms with E-state index < -0.39 is 0 Å². The molecule has 0 fully saturated rings. The molecule has 4 nitrogen and oxygen atoms in total. The molecule has 1 atom stereocenters. The van der Waals surface area contributed by atoms with Gasteiger partial charge in [0, 0.05) is 13.1 Å². The maximum atomic E-state index is 6.21. The van der Waals surface area contributed by atoms with E-state index in [0.29, 0.717) is 17.7 Å². The summed E-state index contributed by atoms with van der Waals surface area (Å²) in [6, 6.07) is 8.35. The average Bonchev–Trinajstić information content (AvgIpc) is 2.69. The molecule has 0 saturated heterocycles. The molecule has 1 heterocycles. The normalized spacial score (nSPS) is 12.4. The van der Waals surface area contributed by atoms with Gasteiger partial charge in [0.2, 0.25) is 0 Å². The minimum atomic E-state index is 0.293. The number of halogens is 1. The van der Waals surface area contributed by atoms with Crippen LogP contribution >= 0.6 is 11.6 Å². The minimum Gasteiger partial charge on any atom is -0.487 e. The van der Waals surface area contributed by atoms with Crippen LogP contribution in [0.2, 0.25) is 5.02 Å². The molecule has 0 spiro atoms. The predicted molar refractivity (Wildman–Crippen MR) is 81.2 cm³/mol. The first kappa shape index (κ1) is 14.9. The zero-order valence-electron chi connectivity index (χ0n) is 12.3. The van der Waals surface area contributed by atoms with Gasteiger partial charge in [-0.3, -0.25) is 4.68 Å². The third kappa shape index (κ3) is 3.14. The standard InChI is InChI=1S/C15H20ClN3O/c1-10(17-3)12-6-5-7-13(8-12)20-9-14-15(16)11(2)18-19(14)4/h5-8,10,17H,9H2,1-4H3. The van der Waals surface area contributed by atoms with Gasteiger partial charge in [0.05, 0.1) is 16.4 Å². The molecule has 1 N–H and O–H groups in total. The van der Waals surface area contributed by atoms with Gasteiger partial charge in [-0.15, -0.1) is 0 Å². The topological polar surface area (TPSA) is 39.1 Å². The van der Waals surface area contributed by atoms with Crippen LogP contribution in [0, 0.1) is 6.92 Å². The van der Waals surface area contributed by atoms with Crippen molar-refractivity contribution in [1.29, 1.82) is 0 Å². The molecule has 20 heavy (non-hydrogen) atoms. The molecule has 1 unspecified atom stereocenters. The van der Waals surface area contributed by atoms with E-state index in [1.807, 2.05) is 39.2 Å². The Morgan fingerprint density at radius 2 is 2.20 bits per heavy atom. The molecule has 5 heteroatoms. The van der Waals surface area contributed by atoms with Gasteiger partial charge in [-0.2, -0.15) is 5.10 Å². The van der Waals surface area contributed by atoms with Crippen molar-refractivity contribution in [2.75, 3.05) is 7.05 Å². The van der Waals surface area contributed by atoms with Crippen LogP contribution in [0.1, 0.15) is 29.9 Å². The third-order valence-electron chi connectivity index (χ3n) is 3.43. The highest BCUT2D eigenvalue weighted by Gasteiger charge is 2.12. The molecule has 0 bridgehead atoms. The largest absolute Gasteiger partial charge is 0.487 e. The van der Waals surface area contributed by atoms with E-state index in [4.69, 9.17) is 16.3 Å². The highest BCUT2D eigenvalue weighted by atomic mass is 35.5. The van der Waals surface area contributed by atoms with E-state index >= 15 is 0 Å². The van der Waals surface area contributed by atoms with Crippen molar-refractivity contribution in [3.63, 3.8) is 0 Å². The number of hydrogen-bond acceptors (Lipinski definition) is 3. The minimum absolute atomic E-state index is 0.293. The smallest absolute Gasteiger partial charge is 0.131 e. The number of nitrogens with one attached hydrogen (secondary N) is 1. The summed E-state index contributed by atoms with van der Waals surface area (Å²) in [6.45, 7) is 4.41. The summed E-state index contributed by atoms with van der Waals surface area (Å²) in [4.78, 5) is 0. The Balaban J connectivity index is 2.11. The molecule has 0 aliphatic heterocycles. The summed E-state index contributed by atoms with van der Waals surface area (Å²) in [5.41, 5.74) is 2.90. The lowest BCUT2D eigenvalue weighted by molar-refractivity contribution is 0.294. The van der Waals surface area contributed by atoms with Gasteiger partial charge >= 0.3 is 0 Å². The lowest BCUT2D eigenvalue weighted by Crippen LogP contribution is -2.12. The molecule has 2 aromatic rings. The van der Waals surface area contributed by atoms with E-state index in [-0.39, 0.29) is 0 Å². The van der Waals surface area contributed by atoms with Crippen molar-refractivity contribution in [3.05, 3.63) is 46.2 Å².